The fourth-order valence-corrected chi connectivity index (χ4v) is 3.36. The van der Waals surface area contributed by atoms with E-state index in [1.54, 1.807) is 11.3 Å². The molecule has 0 spiro atoms. The molecule has 0 saturated carbocycles. The standard InChI is InChI=1S/C15H22N4OS/c1-2-19(10-12-6-3-4-8-16-12)11-14-17-15(18-20-14)13-7-5-9-21-13/h5,7,9,12,16H,2-4,6,8,10-11H2,1H3. The van der Waals surface area contributed by atoms with Gasteiger partial charge in [0.25, 0.3) is 0 Å². The second kappa shape index (κ2) is 7.15. The molecule has 1 unspecified atom stereocenters. The van der Waals surface area contributed by atoms with Gasteiger partial charge < -0.3 is 9.84 Å². The number of hydrogen-bond donors (Lipinski definition) is 1. The second-order valence-electron chi connectivity index (χ2n) is 5.46. The van der Waals surface area contributed by atoms with Crippen molar-refractivity contribution in [2.24, 2.45) is 0 Å². The highest BCUT2D eigenvalue weighted by Gasteiger charge is 2.18. The first kappa shape index (κ1) is 14.7. The smallest absolute Gasteiger partial charge is 0.241 e. The molecule has 0 aromatic carbocycles. The summed E-state index contributed by atoms with van der Waals surface area (Å²) in [4.78, 5) is 7.93. The lowest BCUT2D eigenvalue weighted by Crippen LogP contribution is -2.43. The monoisotopic (exact) mass is 306 g/mol. The number of thiophene rings is 1. The predicted molar refractivity (Wildman–Crippen MR) is 84.2 cm³/mol. The molecule has 1 atom stereocenters. The Morgan fingerprint density at radius 1 is 1.48 bits per heavy atom. The summed E-state index contributed by atoms with van der Waals surface area (Å²) >= 11 is 1.63. The van der Waals surface area contributed by atoms with E-state index >= 15 is 0 Å². The summed E-state index contributed by atoms with van der Waals surface area (Å²) in [7, 11) is 0. The third kappa shape index (κ3) is 3.90. The zero-order valence-corrected chi connectivity index (χ0v) is 13.2. The van der Waals surface area contributed by atoms with Gasteiger partial charge in [-0.1, -0.05) is 24.6 Å². The zero-order valence-electron chi connectivity index (χ0n) is 12.4. The van der Waals surface area contributed by atoms with E-state index in [9.17, 15) is 0 Å². The maximum absolute atomic E-state index is 5.39. The number of hydrogen-bond acceptors (Lipinski definition) is 6. The first-order valence-electron chi connectivity index (χ1n) is 7.67. The van der Waals surface area contributed by atoms with Crippen molar-refractivity contribution in [3.8, 4) is 10.7 Å². The van der Waals surface area contributed by atoms with Crippen LogP contribution in [0.3, 0.4) is 0 Å². The number of nitrogens with zero attached hydrogens (tertiary/aromatic N) is 3. The van der Waals surface area contributed by atoms with E-state index in [1.807, 2.05) is 17.5 Å². The van der Waals surface area contributed by atoms with Gasteiger partial charge in [-0.15, -0.1) is 11.3 Å². The zero-order chi connectivity index (χ0) is 14.5. The van der Waals surface area contributed by atoms with Crippen LogP contribution in [0.25, 0.3) is 10.7 Å². The molecule has 0 bridgehead atoms. The normalized spacial score (nSPS) is 19.2. The molecule has 1 N–H and O–H groups in total. The highest BCUT2D eigenvalue weighted by Crippen LogP contribution is 2.21. The summed E-state index contributed by atoms with van der Waals surface area (Å²) < 4.78 is 5.39. The Morgan fingerprint density at radius 3 is 3.14 bits per heavy atom. The Balaban J connectivity index is 1.58. The number of nitrogens with one attached hydrogen (secondary N) is 1. The minimum Gasteiger partial charge on any atom is -0.338 e. The Morgan fingerprint density at radius 2 is 2.43 bits per heavy atom. The topological polar surface area (TPSA) is 54.2 Å². The Bertz CT molecular complexity index is 534. The molecule has 1 aliphatic rings. The van der Waals surface area contributed by atoms with E-state index in [-0.39, 0.29) is 0 Å². The van der Waals surface area contributed by atoms with Gasteiger partial charge in [-0.05, 0) is 37.4 Å². The molecule has 1 fully saturated rings. The number of likely N-dealkylation sites (N-methyl/N-ethyl adjacent to an activating group) is 1. The molecule has 2 aromatic rings. The summed E-state index contributed by atoms with van der Waals surface area (Å²) in [6.07, 6.45) is 3.90. The van der Waals surface area contributed by atoms with Gasteiger partial charge in [-0.2, -0.15) is 4.98 Å². The van der Waals surface area contributed by atoms with Crippen LogP contribution < -0.4 is 5.32 Å². The summed E-state index contributed by atoms with van der Waals surface area (Å²) in [6.45, 7) is 6.10. The van der Waals surface area contributed by atoms with E-state index in [0.717, 1.165) is 31.1 Å². The van der Waals surface area contributed by atoms with Crippen LogP contribution in [0.2, 0.25) is 0 Å². The fourth-order valence-electron chi connectivity index (χ4n) is 2.71. The van der Waals surface area contributed by atoms with Gasteiger partial charge in [0, 0.05) is 12.6 Å². The van der Waals surface area contributed by atoms with Crippen molar-refractivity contribution in [2.45, 2.75) is 38.8 Å². The molecule has 6 heteroatoms. The van der Waals surface area contributed by atoms with Gasteiger partial charge in [0.15, 0.2) is 0 Å². The van der Waals surface area contributed by atoms with Crippen molar-refractivity contribution >= 4 is 11.3 Å². The van der Waals surface area contributed by atoms with Crippen LogP contribution in [0.5, 0.6) is 0 Å². The molecule has 3 heterocycles. The van der Waals surface area contributed by atoms with E-state index in [4.69, 9.17) is 4.52 Å². The highest BCUT2D eigenvalue weighted by molar-refractivity contribution is 7.13. The maximum Gasteiger partial charge on any atom is 0.241 e. The van der Waals surface area contributed by atoms with Gasteiger partial charge in [-0.25, -0.2) is 0 Å². The van der Waals surface area contributed by atoms with Crippen LogP contribution >= 0.6 is 11.3 Å². The van der Waals surface area contributed by atoms with Crippen molar-refractivity contribution in [3.05, 3.63) is 23.4 Å². The molecular weight excluding hydrogens is 284 g/mol. The van der Waals surface area contributed by atoms with Crippen molar-refractivity contribution in [1.29, 1.82) is 0 Å². The summed E-state index contributed by atoms with van der Waals surface area (Å²) in [5.41, 5.74) is 0. The highest BCUT2D eigenvalue weighted by atomic mass is 32.1. The molecule has 5 nitrogen and oxygen atoms in total. The van der Waals surface area contributed by atoms with Crippen LogP contribution in [0, 0.1) is 0 Å². The first-order valence-corrected chi connectivity index (χ1v) is 8.55. The third-order valence-electron chi connectivity index (χ3n) is 3.91. The number of piperidine rings is 1. The van der Waals surface area contributed by atoms with Crippen LogP contribution in [-0.4, -0.2) is 40.7 Å². The number of rotatable bonds is 6. The molecule has 3 rings (SSSR count). The van der Waals surface area contributed by atoms with Crippen molar-refractivity contribution in [1.82, 2.24) is 20.4 Å². The lowest BCUT2D eigenvalue weighted by molar-refractivity contribution is 0.201. The SMILES string of the molecule is CCN(Cc1nc(-c2cccs2)no1)CC1CCCCN1. The molecule has 1 saturated heterocycles. The molecule has 0 aliphatic carbocycles. The van der Waals surface area contributed by atoms with E-state index in [1.165, 1.54) is 19.3 Å². The fraction of sp³-hybridized carbons (Fsp3) is 0.600. The van der Waals surface area contributed by atoms with E-state index in [0.29, 0.717) is 17.8 Å². The Labute approximate surface area is 129 Å². The van der Waals surface area contributed by atoms with Gasteiger partial charge in [0.05, 0.1) is 11.4 Å². The maximum atomic E-state index is 5.39. The molecule has 2 aromatic heterocycles. The van der Waals surface area contributed by atoms with E-state index < -0.39 is 0 Å². The average molecular weight is 306 g/mol. The average Bonchev–Trinajstić information content (AvgIpc) is 3.18. The van der Waals surface area contributed by atoms with Gasteiger partial charge in [0.1, 0.15) is 0 Å². The Kier molecular flexibility index (Phi) is 5.00. The molecule has 21 heavy (non-hydrogen) atoms. The van der Waals surface area contributed by atoms with Crippen molar-refractivity contribution in [3.63, 3.8) is 0 Å². The molecule has 114 valence electrons. The van der Waals surface area contributed by atoms with Crippen molar-refractivity contribution < 1.29 is 4.52 Å². The van der Waals surface area contributed by atoms with Crippen LogP contribution in [-0.2, 0) is 6.54 Å². The van der Waals surface area contributed by atoms with Gasteiger partial charge in [-0.3, -0.25) is 4.90 Å². The Hall–Kier alpha value is -1.24. The van der Waals surface area contributed by atoms with Gasteiger partial charge in [0.2, 0.25) is 11.7 Å². The lowest BCUT2D eigenvalue weighted by atomic mass is 10.0. The van der Waals surface area contributed by atoms with Crippen LogP contribution in [0.15, 0.2) is 22.0 Å². The summed E-state index contributed by atoms with van der Waals surface area (Å²) in [6, 6.07) is 4.62. The molecule has 0 amide bonds. The van der Waals surface area contributed by atoms with Gasteiger partial charge >= 0.3 is 0 Å². The quantitative estimate of drug-likeness (QED) is 0.889. The molecule has 1 aliphatic heterocycles. The van der Waals surface area contributed by atoms with Crippen molar-refractivity contribution in [2.75, 3.05) is 19.6 Å². The minimum atomic E-state index is 0.596. The summed E-state index contributed by atoms with van der Waals surface area (Å²) in [5, 5.41) is 9.69. The van der Waals surface area contributed by atoms with Crippen LogP contribution in [0.1, 0.15) is 32.1 Å². The van der Waals surface area contributed by atoms with E-state index in [2.05, 4.69) is 27.3 Å². The molecular formula is C15H22N4OS. The van der Waals surface area contributed by atoms with Crippen LogP contribution in [0.4, 0.5) is 0 Å². The second-order valence-corrected chi connectivity index (χ2v) is 6.41. The molecule has 0 radical (unpaired) electrons. The summed E-state index contributed by atoms with van der Waals surface area (Å²) in [5.74, 6) is 1.41. The minimum absolute atomic E-state index is 0.596. The largest absolute Gasteiger partial charge is 0.338 e. The first-order chi connectivity index (χ1) is 10.3. The third-order valence-corrected chi connectivity index (χ3v) is 4.77. The predicted octanol–water partition coefficient (Wildman–Crippen LogP) is 2.76. The number of aromatic nitrogens is 2. The lowest BCUT2D eigenvalue weighted by Gasteiger charge is -2.29.